The number of fused-ring (bicyclic) bond motifs is 1. The first-order valence-electron chi connectivity index (χ1n) is 6.24. The van der Waals surface area contributed by atoms with Crippen molar-refractivity contribution in [3.8, 4) is 0 Å². The zero-order chi connectivity index (χ0) is 12.6. The summed E-state index contributed by atoms with van der Waals surface area (Å²) in [6.07, 6.45) is 1.02. The molecule has 2 aliphatic heterocycles. The zero-order valence-electron chi connectivity index (χ0n) is 10.9. The zero-order valence-corrected chi connectivity index (χ0v) is 10.9. The number of piperidine rings is 1. The van der Waals surface area contributed by atoms with Gasteiger partial charge in [0.05, 0.1) is 13.2 Å². The molecule has 1 N–H and O–H groups in total. The van der Waals surface area contributed by atoms with Crippen LogP contribution in [0.5, 0.6) is 0 Å². The summed E-state index contributed by atoms with van der Waals surface area (Å²) in [4.78, 5) is 11.8. The van der Waals surface area contributed by atoms with E-state index in [1.54, 1.807) is 0 Å². The maximum absolute atomic E-state index is 11.8. The van der Waals surface area contributed by atoms with E-state index in [0.717, 1.165) is 13.0 Å². The van der Waals surface area contributed by atoms with Crippen molar-refractivity contribution >= 4 is 11.7 Å². The van der Waals surface area contributed by atoms with Crippen molar-refractivity contribution in [2.75, 3.05) is 13.7 Å². The van der Waals surface area contributed by atoms with Crippen molar-refractivity contribution in [2.45, 2.75) is 45.3 Å². The van der Waals surface area contributed by atoms with E-state index in [0.29, 0.717) is 17.8 Å². The Hall–Kier alpha value is -1.10. The molecule has 0 saturated carbocycles. The Balaban J connectivity index is 2.29. The summed E-state index contributed by atoms with van der Waals surface area (Å²) < 4.78 is 4.84. The normalized spacial score (nSPS) is 32.4. The van der Waals surface area contributed by atoms with Crippen LogP contribution >= 0.6 is 0 Å². The molecule has 17 heavy (non-hydrogen) atoms. The van der Waals surface area contributed by atoms with Crippen LogP contribution in [-0.4, -0.2) is 48.5 Å². The number of ether oxygens (including phenoxy) is 1. The Morgan fingerprint density at radius 3 is 2.88 bits per heavy atom. The molecule has 1 saturated heterocycles. The number of methoxy groups -OCH3 is 1. The van der Waals surface area contributed by atoms with Crippen LogP contribution in [0.1, 0.15) is 27.2 Å². The molecule has 0 bridgehead atoms. The number of carbonyl (C=O) groups is 1. The van der Waals surface area contributed by atoms with Crippen LogP contribution in [0.4, 0.5) is 0 Å². The number of hydrazone groups is 1. The van der Waals surface area contributed by atoms with E-state index in [4.69, 9.17) is 4.74 Å². The molecule has 5 nitrogen and oxygen atoms in total. The number of hydrogen-bond donors (Lipinski definition) is 1. The summed E-state index contributed by atoms with van der Waals surface area (Å²) >= 11 is 0. The molecule has 96 valence electrons. The van der Waals surface area contributed by atoms with Gasteiger partial charge in [0, 0.05) is 18.0 Å². The van der Waals surface area contributed by atoms with E-state index in [1.165, 1.54) is 7.11 Å². The third-order valence-electron chi connectivity index (χ3n) is 3.66. The molecule has 2 heterocycles. The summed E-state index contributed by atoms with van der Waals surface area (Å²) in [6.45, 7) is 7.30. The highest BCUT2D eigenvalue weighted by Crippen LogP contribution is 2.32. The maximum atomic E-state index is 11.8. The number of hydrogen-bond acceptors (Lipinski definition) is 5. The quantitative estimate of drug-likeness (QED) is 0.717. The van der Waals surface area contributed by atoms with E-state index >= 15 is 0 Å². The van der Waals surface area contributed by atoms with Crippen molar-refractivity contribution in [3.63, 3.8) is 0 Å². The predicted molar refractivity (Wildman–Crippen MR) is 65.8 cm³/mol. The van der Waals surface area contributed by atoms with Gasteiger partial charge in [0.25, 0.3) is 0 Å². The van der Waals surface area contributed by atoms with E-state index in [1.807, 2.05) is 0 Å². The second kappa shape index (κ2) is 4.64. The molecule has 1 fully saturated rings. The highest BCUT2D eigenvalue weighted by molar-refractivity contribution is 6.38. The molecular weight excluding hydrogens is 218 g/mol. The molecule has 0 amide bonds. The lowest BCUT2D eigenvalue weighted by molar-refractivity contribution is -0.133. The van der Waals surface area contributed by atoms with Gasteiger partial charge >= 0.3 is 5.97 Å². The standard InChI is InChI=1S/C12H21N3O2/c1-7(2)15-9-5-6-13-8(3)10(9)11(14-15)12(16)17-4/h7-10,13H,5-6H2,1-4H3/t8-,9?,10?/m1/s1. The van der Waals surface area contributed by atoms with E-state index in [2.05, 4.69) is 36.2 Å². The highest BCUT2D eigenvalue weighted by atomic mass is 16.5. The third-order valence-corrected chi connectivity index (χ3v) is 3.66. The van der Waals surface area contributed by atoms with Gasteiger partial charge in [-0.15, -0.1) is 0 Å². The number of rotatable bonds is 2. The molecule has 0 aromatic carbocycles. The third kappa shape index (κ3) is 2.04. The summed E-state index contributed by atoms with van der Waals surface area (Å²) in [5.74, 6) is -0.141. The van der Waals surface area contributed by atoms with Crippen LogP contribution in [0.3, 0.4) is 0 Å². The molecular formula is C12H21N3O2. The van der Waals surface area contributed by atoms with Crippen LogP contribution in [-0.2, 0) is 9.53 Å². The van der Waals surface area contributed by atoms with Gasteiger partial charge in [0.2, 0.25) is 0 Å². The van der Waals surface area contributed by atoms with Crippen LogP contribution in [0.25, 0.3) is 0 Å². The Labute approximate surface area is 102 Å². The first kappa shape index (κ1) is 12.4. The highest BCUT2D eigenvalue weighted by Gasteiger charge is 2.46. The second-order valence-electron chi connectivity index (χ2n) is 5.08. The van der Waals surface area contributed by atoms with Crippen LogP contribution < -0.4 is 5.32 Å². The minimum absolute atomic E-state index is 0.151. The summed E-state index contributed by atoms with van der Waals surface area (Å²) in [7, 11) is 1.42. The Bertz CT molecular complexity index is 341. The SMILES string of the molecule is COC(=O)C1=NN(C(C)C)C2CCN[C@H](C)C12. The molecule has 0 aliphatic carbocycles. The molecule has 0 radical (unpaired) electrons. The second-order valence-corrected chi connectivity index (χ2v) is 5.08. The predicted octanol–water partition coefficient (Wildman–Crippen LogP) is 0.606. The monoisotopic (exact) mass is 239 g/mol. The van der Waals surface area contributed by atoms with E-state index in [9.17, 15) is 4.79 Å². The lowest BCUT2D eigenvalue weighted by atomic mass is 9.84. The Morgan fingerprint density at radius 2 is 2.29 bits per heavy atom. The largest absolute Gasteiger partial charge is 0.464 e. The van der Waals surface area contributed by atoms with E-state index in [-0.39, 0.29) is 17.9 Å². The van der Waals surface area contributed by atoms with Crippen LogP contribution in [0.15, 0.2) is 5.10 Å². The molecule has 5 heteroatoms. The van der Waals surface area contributed by atoms with Crippen molar-refractivity contribution in [2.24, 2.45) is 11.0 Å². The molecule has 0 spiro atoms. The van der Waals surface area contributed by atoms with Gasteiger partial charge in [0.15, 0.2) is 5.71 Å². The fraction of sp³-hybridized carbons (Fsp3) is 0.833. The molecule has 0 aromatic rings. The minimum atomic E-state index is -0.293. The molecule has 2 aliphatic rings. The summed E-state index contributed by atoms with van der Waals surface area (Å²) in [5, 5.41) is 9.96. The van der Waals surface area contributed by atoms with Crippen molar-refractivity contribution in [1.29, 1.82) is 0 Å². The van der Waals surface area contributed by atoms with Crippen molar-refractivity contribution < 1.29 is 9.53 Å². The number of carbonyl (C=O) groups excluding carboxylic acids is 1. The summed E-state index contributed by atoms with van der Waals surface area (Å²) in [6, 6.07) is 0.922. The van der Waals surface area contributed by atoms with Crippen LogP contribution in [0.2, 0.25) is 0 Å². The first-order chi connectivity index (χ1) is 8.06. The van der Waals surface area contributed by atoms with Gasteiger partial charge in [-0.25, -0.2) is 4.79 Å². The topological polar surface area (TPSA) is 53.9 Å². The maximum Gasteiger partial charge on any atom is 0.354 e. The smallest absolute Gasteiger partial charge is 0.354 e. The van der Waals surface area contributed by atoms with Crippen LogP contribution in [0, 0.1) is 5.92 Å². The molecule has 3 atom stereocenters. The van der Waals surface area contributed by atoms with Crippen molar-refractivity contribution in [3.05, 3.63) is 0 Å². The first-order valence-corrected chi connectivity index (χ1v) is 6.24. The van der Waals surface area contributed by atoms with Gasteiger partial charge < -0.3 is 10.1 Å². The van der Waals surface area contributed by atoms with Crippen molar-refractivity contribution in [1.82, 2.24) is 10.3 Å². The Morgan fingerprint density at radius 1 is 1.59 bits per heavy atom. The number of nitrogens with one attached hydrogen (secondary N) is 1. The lowest BCUT2D eigenvalue weighted by Crippen LogP contribution is -2.53. The Kier molecular flexibility index (Phi) is 3.38. The van der Waals surface area contributed by atoms with Gasteiger partial charge in [-0.3, -0.25) is 5.01 Å². The number of nitrogens with zero attached hydrogens (tertiary/aromatic N) is 2. The van der Waals surface area contributed by atoms with Gasteiger partial charge in [0.1, 0.15) is 0 Å². The number of esters is 1. The lowest BCUT2D eigenvalue weighted by Gasteiger charge is -2.37. The summed E-state index contributed by atoms with van der Waals surface area (Å²) in [5.41, 5.74) is 0.575. The van der Waals surface area contributed by atoms with E-state index < -0.39 is 0 Å². The fourth-order valence-corrected chi connectivity index (χ4v) is 2.86. The minimum Gasteiger partial charge on any atom is -0.464 e. The molecule has 2 rings (SSSR count). The van der Waals surface area contributed by atoms with Gasteiger partial charge in [-0.1, -0.05) is 0 Å². The average Bonchev–Trinajstić information content (AvgIpc) is 2.69. The molecule has 2 unspecified atom stereocenters. The fourth-order valence-electron chi connectivity index (χ4n) is 2.86. The van der Waals surface area contributed by atoms with Gasteiger partial charge in [-0.05, 0) is 33.7 Å². The molecule has 0 aromatic heterocycles. The average molecular weight is 239 g/mol. The van der Waals surface area contributed by atoms with Gasteiger partial charge in [-0.2, -0.15) is 5.10 Å².